The van der Waals surface area contributed by atoms with Crippen LogP contribution in [0.25, 0.3) is 0 Å². The summed E-state index contributed by atoms with van der Waals surface area (Å²) >= 11 is 0. The van der Waals surface area contributed by atoms with Crippen molar-refractivity contribution in [1.29, 1.82) is 0 Å². The third-order valence-electron chi connectivity index (χ3n) is 4.51. The molecule has 0 bridgehead atoms. The van der Waals surface area contributed by atoms with Crippen molar-refractivity contribution >= 4 is 5.82 Å². The van der Waals surface area contributed by atoms with Crippen LogP contribution in [0.4, 0.5) is 5.82 Å². The van der Waals surface area contributed by atoms with Crippen molar-refractivity contribution in [1.82, 2.24) is 9.97 Å². The molecule has 0 N–H and O–H groups in total. The first-order valence-electron chi connectivity index (χ1n) is 9.22. The second kappa shape index (κ2) is 7.76. The zero-order chi connectivity index (χ0) is 18.7. The highest BCUT2D eigenvalue weighted by Crippen LogP contribution is 2.31. The predicted octanol–water partition coefficient (Wildman–Crippen LogP) is 3.65. The number of hydrogen-bond acceptors (Lipinski definition) is 6. The van der Waals surface area contributed by atoms with Crippen LogP contribution in [0.5, 0.6) is 0 Å². The molecule has 0 radical (unpaired) electrons. The maximum absolute atomic E-state index is 6.01. The molecule has 1 saturated heterocycles. The van der Waals surface area contributed by atoms with Crippen molar-refractivity contribution in [3.8, 4) is 0 Å². The van der Waals surface area contributed by atoms with Gasteiger partial charge in [0.1, 0.15) is 29.2 Å². The minimum absolute atomic E-state index is 0.0159. The van der Waals surface area contributed by atoms with E-state index >= 15 is 0 Å². The number of aryl methyl sites for hydroxylation is 1. The fourth-order valence-electron chi connectivity index (χ4n) is 3.06. The third kappa shape index (κ3) is 4.07. The SMILES string of the molecule is CCc1ccc(C2COCCN2c2cc(COC)nc(C(C)(C)C)n2)o1. The molecule has 1 fully saturated rings. The molecule has 3 rings (SSSR count). The van der Waals surface area contributed by atoms with Crippen LogP contribution in [-0.2, 0) is 27.9 Å². The zero-order valence-electron chi connectivity index (χ0n) is 16.4. The lowest BCUT2D eigenvalue weighted by atomic mass is 9.95. The summed E-state index contributed by atoms with van der Waals surface area (Å²) in [4.78, 5) is 11.8. The van der Waals surface area contributed by atoms with Crippen molar-refractivity contribution in [2.24, 2.45) is 0 Å². The maximum Gasteiger partial charge on any atom is 0.136 e. The second-order valence-corrected chi connectivity index (χ2v) is 7.67. The van der Waals surface area contributed by atoms with Crippen molar-refractivity contribution in [3.05, 3.63) is 41.2 Å². The lowest BCUT2D eigenvalue weighted by Crippen LogP contribution is -2.40. The van der Waals surface area contributed by atoms with Crippen molar-refractivity contribution in [2.45, 2.75) is 52.2 Å². The van der Waals surface area contributed by atoms with Crippen molar-refractivity contribution < 1.29 is 13.9 Å². The van der Waals surface area contributed by atoms with E-state index < -0.39 is 0 Å². The number of anilines is 1. The van der Waals surface area contributed by atoms with Gasteiger partial charge in [-0.25, -0.2) is 9.97 Å². The first-order chi connectivity index (χ1) is 12.4. The molecule has 0 aromatic carbocycles. The predicted molar refractivity (Wildman–Crippen MR) is 100 cm³/mol. The van der Waals surface area contributed by atoms with Crippen molar-refractivity contribution in [3.63, 3.8) is 0 Å². The number of ether oxygens (including phenoxy) is 2. The summed E-state index contributed by atoms with van der Waals surface area (Å²) in [7, 11) is 1.69. The summed E-state index contributed by atoms with van der Waals surface area (Å²) in [5.41, 5.74) is 0.752. The van der Waals surface area contributed by atoms with Crippen LogP contribution in [-0.4, -0.2) is 36.8 Å². The van der Waals surface area contributed by atoms with Gasteiger partial charge in [-0.1, -0.05) is 27.7 Å². The molecule has 6 heteroatoms. The molecule has 26 heavy (non-hydrogen) atoms. The molecule has 1 aliphatic rings. The highest BCUT2D eigenvalue weighted by Gasteiger charge is 2.30. The summed E-state index contributed by atoms with van der Waals surface area (Å²) in [6.45, 7) is 11.0. The van der Waals surface area contributed by atoms with Gasteiger partial charge in [0, 0.05) is 31.6 Å². The molecule has 1 unspecified atom stereocenters. The Hall–Kier alpha value is -1.92. The Balaban J connectivity index is 1.99. The molecule has 0 aliphatic carbocycles. The Morgan fingerprint density at radius 1 is 1.27 bits per heavy atom. The van der Waals surface area contributed by atoms with Gasteiger partial charge in [-0.15, -0.1) is 0 Å². The number of morpholine rings is 1. The normalized spacial score (nSPS) is 18.3. The monoisotopic (exact) mass is 359 g/mol. The highest BCUT2D eigenvalue weighted by atomic mass is 16.5. The highest BCUT2D eigenvalue weighted by molar-refractivity contribution is 5.44. The largest absolute Gasteiger partial charge is 0.464 e. The summed E-state index contributed by atoms with van der Waals surface area (Å²) in [6, 6.07) is 6.12. The minimum atomic E-state index is -0.139. The first-order valence-corrected chi connectivity index (χ1v) is 9.22. The van der Waals surface area contributed by atoms with Gasteiger partial charge in [0.15, 0.2) is 0 Å². The lowest BCUT2D eigenvalue weighted by Gasteiger charge is -2.36. The lowest BCUT2D eigenvalue weighted by molar-refractivity contribution is 0.0868. The molecule has 2 aromatic heterocycles. The van der Waals surface area contributed by atoms with E-state index in [1.54, 1.807) is 7.11 Å². The number of nitrogens with zero attached hydrogens (tertiary/aromatic N) is 3. The standard InChI is InChI=1S/C20H29N3O3/c1-6-15-7-8-17(26-15)16-13-25-10-9-23(16)18-11-14(12-24-5)21-19(22-18)20(2,3)4/h7-8,11,16H,6,9-10,12-13H2,1-5H3. The van der Waals surface area contributed by atoms with E-state index in [0.717, 1.165) is 41.8 Å². The van der Waals surface area contributed by atoms with E-state index in [9.17, 15) is 0 Å². The Labute approximate surface area is 155 Å². The fraction of sp³-hybridized carbons (Fsp3) is 0.600. The van der Waals surface area contributed by atoms with Crippen LogP contribution in [0.2, 0.25) is 0 Å². The summed E-state index contributed by atoms with van der Waals surface area (Å²) in [5, 5.41) is 0. The van der Waals surface area contributed by atoms with Crippen LogP contribution >= 0.6 is 0 Å². The third-order valence-corrected chi connectivity index (χ3v) is 4.51. The molecule has 142 valence electrons. The van der Waals surface area contributed by atoms with Gasteiger partial charge in [-0.05, 0) is 12.1 Å². The number of methoxy groups -OCH3 is 1. The van der Waals surface area contributed by atoms with Gasteiger partial charge < -0.3 is 18.8 Å². The Kier molecular flexibility index (Phi) is 5.63. The molecule has 1 atom stereocenters. The fourth-order valence-corrected chi connectivity index (χ4v) is 3.06. The average Bonchev–Trinajstić information content (AvgIpc) is 3.10. The number of hydrogen-bond donors (Lipinski definition) is 0. The minimum Gasteiger partial charge on any atom is -0.464 e. The van der Waals surface area contributed by atoms with E-state index in [1.165, 1.54) is 0 Å². The van der Waals surface area contributed by atoms with E-state index in [4.69, 9.17) is 18.9 Å². The van der Waals surface area contributed by atoms with Gasteiger partial charge in [-0.3, -0.25) is 0 Å². The van der Waals surface area contributed by atoms with E-state index in [1.807, 2.05) is 18.2 Å². The first kappa shape index (κ1) is 18.9. The van der Waals surface area contributed by atoms with Gasteiger partial charge in [0.25, 0.3) is 0 Å². The van der Waals surface area contributed by atoms with Crippen LogP contribution in [0.15, 0.2) is 22.6 Å². The average molecular weight is 359 g/mol. The molecule has 3 heterocycles. The molecule has 0 spiro atoms. The van der Waals surface area contributed by atoms with Crippen molar-refractivity contribution in [2.75, 3.05) is 31.8 Å². The number of rotatable bonds is 5. The molecular weight excluding hydrogens is 330 g/mol. The Morgan fingerprint density at radius 2 is 2.08 bits per heavy atom. The zero-order valence-corrected chi connectivity index (χ0v) is 16.4. The van der Waals surface area contributed by atoms with Crippen LogP contribution < -0.4 is 4.90 Å². The number of aromatic nitrogens is 2. The maximum atomic E-state index is 6.01. The quantitative estimate of drug-likeness (QED) is 0.812. The van der Waals surface area contributed by atoms with Gasteiger partial charge in [0.2, 0.25) is 0 Å². The molecule has 0 amide bonds. The van der Waals surface area contributed by atoms with E-state index in [2.05, 4.69) is 37.6 Å². The second-order valence-electron chi connectivity index (χ2n) is 7.67. The van der Waals surface area contributed by atoms with Gasteiger partial charge >= 0.3 is 0 Å². The van der Waals surface area contributed by atoms with E-state index in [0.29, 0.717) is 19.8 Å². The topological polar surface area (TPSA) is 60.6 Å². The molecular formula is C20H29N3O3. The molecule has 6 nitrogen and oxygen atoms in total. The summed E-state index contributed by atoms with van der Waals surface area (Å²) < 4.78 is 17.1. The van der Waals surface area contributed by atoms with Crippen LogP contribution in [0.1, 0.15) is 56.8 Å². The van der Waals surface area contributed by atoms with Crippen LogP contribution in [0.3, 0.4) is 0 Å². The Morgan fingerprint density at radius 3 is 2.73 bits per heavy atom. The van der Waals surface area contributed by atoms with Gasteiger partial charge in [0.05, 0.1) is 25.5 Å². The molecule has 1 aliphatic heterocycles. The number of furan rings is 1. The smallest absolute Gasteiger partial charge is 0.136 e. The summed E-state index contributed by atoms with van der Waals surface area (Å²) in [6.07, 6.45) is 0.882. The van der Waals surface area contributed by atoms with Gasteiger partial charge in [-0.2, -0.15) is 0 Å². The molecule has 0 saturated carbocycles. The van der Waals surface area contributed by atoms with E-state index in [-0.39, 0.29) is 11.5 Å². The molecule has 2 aromatic rings. The van der Waals surface area contributed by atoms with Crippen LogP contribution in [0, 0.1) is 0 Å². The summed E-state index contributed by atoms with van der Waals surface area (Å²) in [5.74, 6) is 3.63. The Bertz CT molecular complexity index is 736.